The van der Waals surface area contributed by atoms with Gasteiger partial charge in [0.2, 0.25) is 17.6 Å². The van der Waals surface area contributed by atoms with Gasteiger partial charge in [-0.3, -0.25) is 9.59 Å². The van der Waals surface area contributed by atoms with Gasteiger partial charge in [0.1, 0.15) is 6.04 Å². The molecule has 1 saturated heterocycles. The summed E-state index contributed by atoms with van der Waals surface area (Å²) >= 11 is 1.42. The summed E-state index contributed by atoms with van der Waals surface area (Å²) in [5, 5.41) is 8.06. The molecule has 3 heterocycles. The van der Waals surface area contributed by atoms with Crippen LogP contribution in [0, 0.1) is 0 Å². The van der Waals surface area contributed by atoms with E-state index in [2.05, 4.69) is 15.5 Å². The van der Waals surface area contributed by atoms with E-state index in [0.717, 1.165) is 4.88 Å². The Morgan fingerprint density at radius 1 is 1.44 bits per heavy atom. The minimum Gasteiger partial charge on any atom is -0.345 e. The summed E-state index contributed by atoms with van der Waals surface area (Å²) in [6.45, 7) is -0.221. The van der Waals surface area contributed by atoms with Gasteiger partial charge in [0, 0.05) is 6.54 Å². The first-order chi connectivity index (χ1) is 11.9. The van der Waals surface area contributed by atoms with Gasteiger partial charge in [-0.15, -0.1) is 11.3 Å². The van der Waals surface area contributed by atoms with E-state index in [1.807, 2.05) is 11.4 Å². The Morgan fingerprint density at radius 2 is 2.24 bits per heavy atom. The van der Waals surface area contributed by atoms with Crippen molar-refractivity contribution in [2.75, 3.05) is 6.54 Å². The lowest BCUT2D eigenvalue weighted by Gasteiger charge is -2.24. The summed E-state index contributed by atoms with van der Waals surface area (Å²) < 4.78 is 42.7. The summed E-state index contributed by atoms with van der Waals surface area (Å²) in [5.41, 5.74) is 0. The highest BCUT2D eigenvalue weighted by Crippen LogP contribution is 2.26. The average Bonchev–Trinajstić information content (AvgIpc) is 3.31. The van der Waals surface area contributed by atoms with E-state index in [9.17, 15) is 22.8 Å². The maximum atomic E-state index is 12.6. The van der Waals surface area contributed by atoms with Gasteiger partial charge in [-0.1, -0.05) is 11.2 Å². The van der Waals surface area contributed by atoms with Crippen LogP contribution in [0.4, 0.5) is 13.2 Å². The number of alkyl halides is 3. The minimum atomic E-state index is -5.00. The number of nitrogens with one attached hydrogen (secondary N) is 1. The van der Waals surface area contributed by atoms with Crippen molar-refractivity contribution >= 4 is 23.2 Å². The molecule has 2 aromatic rings. The van der Waals surface area contributed by atoms with Crippen molar-refractivity contribution in [2.24, 2.45) is 0 Å². The molecule has 1 fully saturated rings. The smallest absolute Gasteiger partial charge is 0.345 e. The third-order valence-electron chi connectivity index (χ3n) is 3.68. The van der Waals surface area contributed by atoms with E-state index < -0.39 is 24.0 Å². The Hall–Kier alpha value is -2.43. The van der Waals surface area contributed by atoms with Crippen LogP contribution < -0.4 is 5.32 Å². The average molecular weight is 374 g/mol. The molecule has 1 aliphatic heterocycles. The topological polar surface area (TPSA) is 88.3 Å². The van der Waals surface area contributed by atoms with Crippen LogP contribution in [0.15, 0.2) is 22.0 Å². The van der Waals surface area contributed by atoms with Crippen LogP contribution in [0.25, 0.3) is 10.7 Å². The standard InChI is InChI=1S/C14H13F3N4O3S/c15-14(16,17)13(23)21-5-1-3-8(21)12(22)18-7-10-19-11(20-24-10)9-4-2-6-25-9/h2,4,6,8H,1,3,5,7H2,(H,18,22). The molecule has 134 valence electrons. The van der Waals surface area contributed by atoms with Gasteiger partial charge >= 0.3 is 12.1 Å². The first kappa shape index (κ1) is 17.4. The quantitative estimate of drug-likeness (QED) is 0.884. The van der Waals surface area contributed by atoms with Gasteiger partial charge < -0.3 is 14.7 Å². The third-order valence-corrected chi connectivity index (χ3v) is 4.55. The molecule has 2 amide bonds. The zero-order valence-corrected chi connectivity index (χ0v) is 13.6. The monoisotopic (exact) mass is 374 g/mol. The lowest BCUT2D eigenvalue weighted by Crippen LogP contribution is -2.50. The summed E-state index contributed by atoms with van der Waals surface area (Å²) in [6, 6.07) is 2.48. The lowest BCUT2D eigenvalue weighted by atomic mass is 10.2. The van der Waals surface area contributed by atoms with Crippen LogP contribution in [-0.2, 0) is 16.1 Å². The van der Waals surface area contributed by atoms with Crippen molar-refractivity contribution in [3.63, 3.8) is 0 Å². The van der Waals surface area contributed by atoms with Gasteiger partial charge in [0.05, 0.1) is 11.4 Å². The number of carbonyl (C=O) groups is 2. The fourth-order valence-corrected chi connectivity index (χ4v) is 3.21. The normalized spacial score (nSPS) is 17.7. The molecule has 11 heteroatoms. The van der Waals surface area contributed by atoms with E-state index in [1.54, 1.807) is 6.07 Å². The molecule has 0 saturated carbocycles. The van der Waals surface area contributed by atoms with Gasteiger partial charge in [0.15, 0.2) is 0 Å². The van der Waals surface area contributed by atoms with Gasteiger partial charge in [-0.05, 0) is 24.3 Å². The van der Waals surface area contributed by atoms with Crippen LogP contribution >= 0.6 is 11.3 Å². The predicted octanol–water partition coefficient (Wildman–Crippen LogP) is 1.97. The molecule has 1 aliphatic rings. The molecule has 0 spiro atoms. The number of hydrogen-bond donors (Lipinski definition) is 1. The van der Waals surface area contributed by atoms with Crippen LogP contribution in [-0.4, -0.2) is 45.6 Å². The van der Waals surface area contributed by atoms with E-state index in [0.29, 0.717) is 17.1 Å². The van der Waals surface area contributed by atoms with Gasteiger partial charge in [-0.2, -0.15) is 18.2 Å². The highest BCUT2D eigenvalue weighted by molar-refractivity contribution is 7.13. The van der Waals surface area contributed by atoms with Crippen LogP contribution in [0.3, 0.4) is 0 Å². The number of hydrogen-bond acceptors (Lipinski definition) is 6. The first-order valence-electron chi connectivity index (χ1n) is 7.38. The molecule has 1 atom stereocenters. The van der Waals surface area contributed by atoms with Crippen molar-refractivity contribution in [1.29, 1.82) is 0 Å². The highest BCUT2D eigenvalue weighted by atomic mass is 32.1. The Labute approximate surface area is 143 Å². The molecule has 2 aromatic heterocycles. The van der Waals surface area contributed by atoms with E-state index >= 15 is 0 Å². The summed E-state index contributed by atoms with van der Waals surface area (Å²) in [6.07, 6.45) is -4.48. The Bertz CT molecular complexity index is 760. The van der Waals surface area contributed by atoms with Crippen LogP contribution in [0.2, 0.25) is 0 Å². The third kappa shape index (κ3) is 3.81. The largest absolute Gasteiger partial charge is 0.471 e. The van der Waals surface area contributed by atoms with Crippen LogP contribution in [0.1, 0.15) is 18.7 Å². The maximum Gasteiger partial charge on any atom is 0.471 e. The van der Waals surface area contributed by atoms with E-state index in [-0.39, 0.29) is 25.4 Å². The molecular weight excluding hydrogens is 361 g/mol. The van der Waals surface area contributed by atoms with Crippen molar-refractivity contribution < 1.29 is 27.3 Å². The van der Waals surface area contributed by atoms with Gasteiger partial charge in [-0.25, -0.2) is 0 Å². The van der Waals surface area contributed by atoms with E-state index in [4.69, 9.17) is 4.52 Å². The second kappa shape index (κ2) is 6.82. The number of carbonyl (C=O) groups excluding carboxylic acids is 2. The van der Waals surface area contributed by atoms with Gasteiger partial charge in [0.25, 0.3) is 0 Å². The number of nitrogens with zero attached hydrogens (tertiary/aromatic N) is 3. The lowest BCUT2D eigenvalue weighted by molar-refractivity contribution is -0.186. The van der Waals surface area contributed by atoms with Crippen molar-refractivity contribution in [3.8, 4) is 10.7 Å². The van der Waals surface area contributed by atoms with Crippen LogP contribution in [0.5, 0.6) is 0 Å². The second-order valence-corrected chi connectivity index (χ2v) is 6.31. The predicted molar refractivity (Wildman–Crippen MR) is 80.2 cm³/mol. The summed E-state index contributed by atoms with van der Waals surface area (Å²) in [5.74, 6) is -2.17. The second-order valence-electron chi connectivity index (χ2n) is 5.36. The van der Waals surface area contributed by atoms with Crippen molar-refractivity contribution in [1.82, 2.24) is 20.4 Å². The SMILES string of the molecule is O=C(NCc1nc(-c2cccs2)no1)C1CCCN1C(=O)C(F)(F)F. The summed E-state index contributed by atoms with van der Waals surface area (Å²) in [7, 11) is 0. The first-order valence-corrected chi connectivity index (χ1v) is 8.26. The fraction of sp³-hybridized carbons (Fsp3) is 0.429. The number of likely N-dealkylation sites (tertiary alicyclic amines) is 1. The molecule has 0 bridgehead atoms. The number of amides is 2. The Morgan fingerprint density at radius 3 is 2.92 bits per heavy atom. The zero-order chi connectivity index (χ0) is 18.0. The molecule has 7 nitrogen and oxygen atoms in total. The molecule has 1 N–H and O–H groups in total. The molecule has 0 radical (unpaired) electrons. The number of rotatable bonds is 4. The molecular formula is C14H13F3N4O3S. The zero-order valence-electron chi connectivity index (χ0n) is 12.7. The highest BCUT2D eigenvalue weighted by Gasteiger charge is 2.47. The minimum absolute atomic E-state index is 0.0977. The maximum absolute atomic E-state index is 12.6. The fourth-order valence-electron chi connectivity index (χ4n) is 2.56. The number of halogens is 3. The molecule has 0 aliphatic carbocycles. The van der Waals surface area contributed by atoms with Crippen molar-refractivity contribution in [2.45, 2.75) is 31.6 Å². The summed E-state index contributed by atoms with van der Waals surface area (Å²) in [4.78, 5) is 29.0. The van der Waals surface area contributed by atoms with Crippen molar-refractivity contribution in [3.05, 3.63) is 23.4 Å². The molecule has 0 aromatic carbocycles. The Balaban J connectivity index is 1.60. The molecule has 25 heavy (non-hydrogen) atoms. The molecule has 3 rings (SSSR count). The number of aromatic nitrogens is 2. The molecule has 1 unspecified atom stereocenters. The Kier molecular flexibility index (Phi) is 4.75. The number of thiophene rings is 1. The van der Waals surface area contributed by atoms with E-state index in [1.165, 1.54) is 11.3 Å².